The number of carbonyl (C=O) groups is 1. The van der Waals surface area contributed by atoms with Crippen LogP contribution in [0, 0.1) is 0 Å². The molecule has 1 aromatic rings. The molecule has 0 unspecified atom stereocenters. The van der Waals surface area contributed by atoms with E-state index in [1.54, 1.807) is 6.92 Å². The lowest BCUT2D eigenvalue weighted by Gasteiger charge is -2.10. The van der Waals surface area contributed by atoms with Crippen molar-refractivity contribution in [1.29, 1.82) is 0 Å². The molecular formula is C14H20ClNO2. The van der Waals surface area contributed by atoms with Gasteiger partial charge >= 0.3 is 6.09 Å². The quantitative estimate of drug-likeness (QED) is 0.884. The van der Waals surface area contributed by atoms with Gasteiger partial charge in [0.2, 0.25) is 0 Å². The lowest BCUT2D eigenvalue weighted by molar-refractivity contribution is 0.152. The highest BCUT2D eigenvalue weighted by molar-refractivity contribution is 6.31. The maximum absolute atomic E-state index is 11.1. The highest BCUT2D eigenvalue weighted by Gasteiger charge is 2.05. The summed E-state index contributed by atoms with van der Waals surface area (Å²) in [5.41, 5.74) is 2.26. The van der Waals surface area contributed by atoms with Gasteiger partial charge in [-0.2, -0.15) is 0 Å². The van der Waals surface area contributed by atoms with Crippen LogP contribution in [0.25, 0.3) is 0 Å². The SMILES string of the molecule is CCOC(=O)NCCc1ccc(C(C)C)cc1Cl. The van der Waals surface area contributed by atoms with E-state index in [2.05, 4.69) is 25.2 Å². The molecular weight excluding hydrogens is 250 g/mol. The Morgan fingerprint density at radius 2 is 2.17 bits per heavy atom. The van der Waals surface area contributed by atoms with Crippen molar-refractivity contribution in [1.82, 2.24) is 5.32 Å². The van der Waals surface area contributed by atoms with Crippen LogP contribution in [-0.4, -0.2) is 19.2 Å². The molecule has 1 N–H and O–H groups in total. The summed E-state index contributed by atoms with van der Waals surface area (Å²) in [6.45, 7) is 6.96. The van der Waals surface area contributed by atoms with Crippen LogP contribution >= 0.6 is 11.6 Å². The molecule has 0 spiro atoms. The molecule has 1 aromatic carbocycles. The lowest BCUT2D eigenvalue weighted by atomic mass is 10.0. The molecule has 1 rings (SSSR count). The third kappa shape index (κ3) is 4.57. The maximum Gasteiger partial charge on any atom is 0.407 e. The van der Waals surface area contributed by atoms with Gasteiger partial charge in [0.25, 0.3) is 0 Å². The van der Waals surface area contributed by atoms with E-state index in [0.717, 1.165) is 10.6 Å². The first kappa shape index (κ1) is 14.8. The second kappa shape index (κ2) is 7.27. The molecule has 0 aromatic heterocycles. The van der Waals surface area contributed by atoms with E-state index in [1.807, 2.05) is 12.1 Å². The van der Waals surface area contributed by atoms with Crippen molar-refractivity contribution in [2.75, 3.05) is 13.2 Å². The molecule has 0 radical (unpaired) electrons. The molecule has 0 aliphatic heterocycles. The summed E-state index contributed by atoms with van der Waals surface area (Å²) in [6, 6.07) is 6.09. The van der Waals surface area contributed by atoms with E-state index < -0.39 is 0 Å². The van der Waals surface area contributed by atoms with E-state index in [9.17, 15) is 4.79 Å². The Bertz CT molecular complexity index is 405. The van der Waals surface area contributed by atoms with Gasteiger partial charge in [0, 0.05) is 11.6 Å². The fourth-order valence-corrected chi connectivity index (χ4v) is 1.89. The smallest absolute Gasteiger partial charge is 0.407 e. The van der Waals surface area contributed by atoms with E-state index in [1.165, 1.54) is 5.56 Å². The predicted octanol–water partition coefficient (Wildman–Crippen LogP) is 3.75. The number of rotatable bonds is 5. The summed E-state index contributed by atoms with van der Waals surface area (Å²) in [5, 5.41) is 3.43. The van der Waals surface area contributed by atoms with E-state index in [-0.39, 0.29) is 6.09 Å². The van der Waals surface area contributed by atoms with Crippen molar-refractivity contribution in [3.05, 3.63) is 34.3 Å². The van der Waals surface area contributed by atoms with E-state index >= 15 is 0 Å². The normalized spacial score (nSPS) is 10.5. The number of hydrogen-bond donors (Lipinski definition) is 1. The fourth-order valence-electron chi connectivity index (χ4n) is 1.61. The number of ether oxygens (including phenoxy) is 1. The summed E-state index contributed by atoms with van der Waals surface area (Å²) < 4.78 is 4.78. The van der Waals surface area contributed by atoms with Crippen LogP contribution in [0.2, 0.25) is 5.02 Å². The molecule has 0 bridgehead atoms. The van der Waals surface area contributed by atoms with Gasteiger partial charge in [0.1, 0.15) is 0 Å². The van der Waals surface area contributed by atoms with Crippen LogP contribution in [0.3, 0.4) is 0 Å². The highest BCUT2D eigenvalue weighted by atomic mass is 35.5. The van der Waals surface area contributed by atoms with Gasteiger partial charge in [-0.25, -0.2) is 4.79 Å². The Labute approximate surface area is 113 Å². The van der Waals surface area contributed by atoms with Gasteiger partial charge in [-0.1, -0.05) is 37.6 Å². The molecule has 0 aliphatic rings. The van der Waals surface area contributed by atoms with Gasteiger partial charge in [0.05, 0.1) is 6.61 Å². The first-order valence-corrected chi connectivity index (χ1v) is 6.61. The zero-order valence-corrected chi connectivity index (χ0v) is 11.9. The Hall–Kier alpha value is -1.22. The van der Waals surface area contributed by atoms with Gasteiger partial charge in [-0.05, 0) is 36.5 Å². The lowest BCUT2D eigenvalue weighted by Crippen LogP contribution is -2.26. The molecule has 3 nitrogen and oxygen atoms in total. The molecule has 18 heavy (non-hydrogen) atoms. The standard InChI is InChI=1S/C14H20ClNO2/c1-4-18-14(17)16-8-7-11-5-6-12(10(2)3)9-13(11)15/h5-6,9-10H,4,7-8H2,1-3H3,(H,16,17). The van der Waals surface area contributed by atoms with Crippen molar-refractivity contribution >= 4 is 17.7 Å². The average molecular weight is 270 g/mol. The molecule has 0 saturated heterocycles. The second-order valence-corrected chi connectivity index (χ2v) is 4.81. The van der Waals surface area contributed by atoms with Crippen LogP contribution in [0.5, 0.6) is 0 Å². The molecule has 1 amide bonds. The minimum Gasteiger partial charge on any atom is -0.450 e. The molecule has 0 saturated carbocycles. The topological polar surface area (TPSA) is 38.3 Å². The first-order valence-electron chi connectivity index (χ1n) is 6.23. The first-order chi connectivity index (χ1) is 8.54. The largest absolute Gasteiger partial charge is 0.450 e. The summed E-state index contributed by atoms with van der Waals surface area (Å²) >= 11 is 6.21. The highest BCUT2D eigenvalue weighted by Crippen LogP contribution is 2.22. The predicted molar refractivity (Wildman–Crippen MR) is 74.3 cm³/mol. The molecule has 0 atom stereocenters. The number of amides is 1. The van der Waals surface area contributed by atoms with Crippen molar-refractivity contribution in [2.45, 2.75) is 33.1 Å². The number of nitrogens with one attached hydrogen (secondary N) is 1. The molecule has 0 heterocycles. The average Bonchev–Trinajstić information content (AvgIpc) is 2.31. The van der Waals surface area contributed by atoms with Crippen LogP contribution in [0.1, 0.15) is 37.8 Å². The van der Waals surface area contributed by atoms with Crippen LogP contribution in [-0.2, 0) is 11.2 Å². The summed E-state index contributed by atoms with van der Waals surface area (Å²) in [7, 11) is 0. The van der Waals surface area contributed by atoms with Gasteiger partial charge in [-0.15, -0.1) is 0 Å². The Balaban J connectivity index is 2.50. The monoisotopic (exact) mass is 269 g/mol. The second-order valence-electron chi connectivity index (χ2n) is 4.40. The number of hydrogen-bond acceptors (Lipinski definition) is 2. The van der Waals surface area contributed by atoms with Gasteiger partial charge in [0.15, 0.2) is 0 Å². The van der Waals surface area contributed by atoms with E-state index in [0.29, 0.717) is 25.5 Å². The fraction of sp³-hybridized carbons (Fsp3) is 0.500. The zero-order valence-electron chi connectivity index (χ0n) is 11.1. The van der Waals surface area contributed by atoms with Crippen molar-refractivity contribution < 1.29 is 9.53 Å². The molecule has 0 fully saturated rings. The Kier molecular flexibility index (Phi) is 5.99. The maximum atomic E-state index is 11.1. The van der Waals surface area contributed by atoms with Crippen molar-refractivity contribution in [2.24, 2.45) is 0 Å². The van der Waals surface area contributed by atoms with Crippen molar-refractivity contribution in [3.63, 3.8) is 0 Å². The zero-order chi connectivity index (χ0) is 13.5. The number of halogens is 1. The van der Waals surface area contributed by atoms with Crippen molar-refractivity contribution in [3.8, 4) is 0 Å². The van der Waals surface area contributed by atoms with Gasteiger partial charge < -0.3 is 10.1 Å². The minimum absolute atomic E-state index is 0.382. The molecule has 100 valence electrons. The van der Waals surface area contributed by atoms with E-state index in [4.69, 9.17) is 16.3 Å². The third-order valence-electron chi connectivity index (χ3n) is 2.68. The summed E-state index contributed by atoms with van der Waals surface area (Å²) in [6.07, 6.45) is 0.322. The van der Waals surface area contributed by atoms with Crippen LogP contribution < -0.4 is 5.32 Å². The molecule has 0 aliphatic carbocycles. The minimum atomic E-state index is -0.382. The summed E-state index contributed by atoms with van der Waals surface area (Å²) in [4.78, 5) is 11.1. The number of carbonyl (C=O) groups excluding carboxylic acids is 1. The third-order valence-corrected chi connectivity index (χ3v) is 3.03. The number of alkyl carbamates (subject to hydrolysis) is 1. The summed E-state index contributed by atoms with van der Waals surface area (Å²) in [5.74, 6) is 0.467. The van der Waals surface area contributed by atoms with Crippen LogP contribution in [0.4, 0.5) is 4.79 Å². The number of benzene rings is 1. The van der Waals surface area contributed by atoms with Crippen LogP contribution in [0.15, 0.2) is 18.2 Å². The Morgan fingerprint density at radius 1 is 1.44 bits per heavy atom. The molecule has 4 heteroatoms. The van der Waals surface area contributed by atoms with Gasteiger partial charge in [-0.3, -0.25) is 0 Å². The Morgan fingerprint density at radius 3 is 2.72 bits per heavy atom.